The van der Waals surface area contributed by atoms with Crippen molar-refractivity contribution in [1.29, 1.82) is 5.26 Å². The maximum absolute atomic E-state index is 13.8. The second-order valence-electron chi connectivity index (χ2n) is 8.73. The standard InChI is InChI=1S/C23H21FN8S/c1-13-26-23(33-30-13)31-11-15-4-5-16(12-31)20(15)27-22-28-21-18(3-2-8-32(21)29-22)14-6-7-19(24)17(9-14)10-25/h2-3,6-9,15-16,20H,4-5,11-12H2,1H3,(H,27,29)/t15-,16+,20?. The number of aromatic nitrogens is 5. The Labute approximate surface area is 193 Å². The Bertz CT molecular complexity index is 1370. The molecule has 0 spiro atoms. The average molecular weight is 461 g/mol. The molecule has 2 bridgehead atoms. The summed E-state index contributed by atoms with van der Waals surface area (Å²) in [6.45, 7) is 3.83. The number of nitrogens with one attached hydrogen (secondary N) is 1. The van der Waals surface area contributed by atoms with Crippen LogP contribution in [0.5, 0.6) is 0 Å². The third-order valence-electron chi connectivity index (χ3n) is 6.68. The SMILES string of the molecule is Cc1nsc(N2C[C@H]3CC[C@@H](C2)C3Nc2nc3c(-c4ccc(F)c(C#N)c4)cccn3n2)n1. The van der Waals surface area contributed by atoms with Gasteiger partial charge in [-0.05, 0) is 61.4 Å². The van der Waals surface area contributed by atoms with Crippen molar-refractivity contribution in [2.75, 3.05) is 23.3 Å². The van der Waals surface area contributed by atoms with Gasteiger partial charge in [0.05, 0.1) is 5.56 Å². The van der Waals surface area contributed by atoms with E-state index >= 15 is 0 Å². The normalized spacial score (nSPS) is 22.0. The van der Waals surface area contributed by atoms with Crippen molar-refractivity contribution in [3.05, 3.63) is 53.7 Å². The summed E-state index contributed by atoms with van der Waals surface area (Å²) in [5.74, 6) is 1.88. The van der Waals surface area contributed by atoms with E-state index in [9.17, 15) is 9.65 Å². The molecular weight excluding hydrogens is 439 g/mol. The van der Waals surface area contributed by atoms with Gasteiger partial charge in [-0.15, -0.1) is 5.10 Å². The van der Waals surface area contributed by atoms with E-state index in [1.54, 1.807) is 16.6 Å². The first kappa shape index (κ1) is 20.1. The Morgan fingerprint density at radius 1 is 1.18 bits per heavy atom. The van der Waals surface area contributed by atoms with E-state index in [0.717, 1.165) is 35.2 Å². The molecule has 1 unspecified atom stereocenters. The molecule has 3 aromatic heterocycles. The Balaban J connectivity index is 1.27. The highest BCUT2D eigenvalue weighted by Gasteiger charge is 2.43. The Kier molecular flexibility index (Phi) is 4.73. The van der Waals surface area contributed by atoms with Crippen molar-refractivity contribution in [2.24, 2.45) is 11.8 Å². The number of nitriles is 1. The molecule has 1 saturated carbocycles. The smallest absolute Gasteiger partial charge is 0.243 e. The Hall–Kier alpha value is -3.58. The van der Waals surface area contributed by atoms with Crippen LogP contribution in [0.25, 0.3) is 16.8 Å². The summed E-state index contributed by atoms with van der Waals surface area (Å²) in [5.41, 5.74) is 2.23. The van der Waals surface area contributed by atoms with Crippen LogP contribution in [-0.2, 0) is 0 Å². The van der Waals surface area contributed by atoms with E-state index in [-0.39, 0.29) is 5.56 Å². The summed E-state index contributed by atoms with van der Waals surface area (Å²) in [6, 6.07) is 10.5. The lowest BCUT2D eigenvalue weighted by Crippen LogP contribution is -2.48. The maximum Gasteiger partial charge on any atom is 0.243 e. The molecule has 33 heavy (non-hydrogen) atoms. The van der Waals surface area contributed by atoms with Gasteiger partial charge in [0.15, 0.2) is 5.65 Å². The number of benzene rings is 1. The van der Waals surface area contributed by atoms with Crippen LogP contribution in [0.2, 0.25) is 0 Å². The molecule has 1 aliphatic heterocycles. The highest BCUT2D eigenvalue weighted by Crippen LogP contribution is 2.40. The van der Waals surface area contributed by atoms with Crippen molar-refractivity contribution >= 4 is 28.3 Å². The van der Waals surface area contributed by atoms with Gasteiger partial charge in [-0.25, -0.2) is 13.9 Å². The maximum atomic E-state index is 13.8. The summed E-state index contributed by atoms with van der Waals surface area (Å²) in [5, 5.41) is 18.5. The molecule has 166 valence electrons. The predicted molar refractivity (Wildman–Crippen MR) is 124 cm³/mol. The predicted octanol–water partition coefficient (Wildman–Crippen LogP) is 3.89. The largest absolute Gasteiger partial charge is 0.349 e. The quantitative estimate of drug-likeness (QED) is 0.494. The van der Waals surface area contributed by atoms with Crippen LogP contribution in [0.4, 0.5) is 15.5 Å². The molecular formula is C23H21FN8S. The van der Waals surface area contributed by atoms with Crippen LogP contribution >= 0.6 is 11.5 Å². The number of halogens is 1. The monoisotopic (exact) mass is 460 g/mol. The molecule has 1 aliphatic carbocycles. The summed E-state index contributed by atoms with van der Waals surface area (Å²) < 4.78 is 19.9. The number of anilines is 2. The van der Waals surface area contributed by atoms with Gasteiger partial charge in [0.25, 0.3) is 0 Å². The van der Waals surface area contributed by atoms with Gasteiger partial charge in [0.1, 0.15) is 17.7 Å². The Morgan fingerprint density at radius 2 is 2.00 bits per heavy atom. The summed E-state index contributed by atoms with van der Waals surface area (Å²) in [7, 11) is 0. The highest BCUT2D eigenvalue weighted by molar-refractivity contribution is 7.09. The van der Waals surface area contributed by atoms with Crippen molar-refractivity contribution in [2.45, 2.75) is 25.8 Å². The number of nitrogens with zero attached hydrogens (tertiary/aromatic N) is 7. The van der Waals surface area contributed by atoms with E-state index in [1.807, 2.05) is 31.3 Å². The van der Waals surface area contributed by atoms with Crippen LogP contribution in [0.3, 0.4) is 0 Å². The number of hydrogen-bond acceptors (Lipinski definition) is 8. The number of pyridine rings is 1. The van der Waals surface area contributed by atoms with Crippen molar-refractivity contribution in [3.63, 3.8) is 0 Å². The molecule has 4 aromatic rings. The highest BCUT2D eigenvalue weighted by atomic mass is 32.1. The molecule has 2 aliphatic rings. The molecule has 10 heteroatoms. The van der Waals surface area contributed by atoms with Crippen molar-refractivity contribution in [1.82, 2.24) is 24.0 Å². The molecule has 1 aromatic carbocycles. The molecule has 1 N–H and O–H groups in total. The van der Waals surface area contributed by atoms with Gasteiger partial charge < -0.3 is 10.2 Å². The first-order valence-electron chi connectivity index (χ1n) is 11.0. The average Bonchev–Trinajstić information content (AvgIpc) is 3.49. The first-order chi connectivity index (χ1) is 16.1. The topological polar surface area (TPSA) is 95.0 Å². The minimum absolute atomic E-state index is 0.0151. The number of piperidine rings is 1. The van der Waals surface area contributed by atoms with Crippen molar-refractivity contribution < 1.29 is 4.39 Å². The lowest BCUT2D eigenvalue weighted by atomic mass is 9.92. The van der Waals surface area contributed by atoms with Gasteiger partial charge in [0.2, 0.25) is 11.1 Å². The molecule has 0 amide bonds. The molecule has 2 fully saturated rings. The molecule has 0 radical (unpaired) electrons. The van der Waals surface area contributed by atoms with Crippen LogP contribution in [0.1, 0.15) is 24.2 Å². The van der Waals surface area contributed by atoms with Gasteiger partial charge in [-0.1, -0.05) is 6.07 Å². The number of rotatable bonds is 4. The van der Waals surface area contributed by atoms with E-state index in [1.165, 1.54) is 30.4 Å². The Morgan fingerprint density at radius 3 is 2.73 bits per heavy atom. The zero-order valence-corrected chi connectivity index (χ0v) is 18.8. The fraction of sp³-hybridized carbons (Fsp3) is 0.348. The zero-order valence-electron chi connectivity index (χ0n) is 17.9. The zero-order chi connectivity index (χ0) is 22.5. The fourth-order valence-corrected chi connectivity index (χ4v) is 5.84. The van der Waals surface area contributed by atoms with Crippen molar-refractivity contribution in [3.8, 4) is 17.2 Å². The van der Waals surface area contributed by atoms with Crippen LogP contribution in [0, 0.1) is 35.9 Å². The molecule has 8 nitrogen and oxygen atoms in total. The van der Waals surface area contributed by atoms with Gasteiger partial charge in [-0.3, -0.25) is 0 Å². The number of fused-ring (bicyclic) bond motifs is 3. The summed E-state index contributed by atoms with van der Waals surface area (Å²) >= 11 is 1.47. The second kappa shape index (κ2) is 7.78. The summed E-state index contributed by atoms with van der Waals surface area (Å²) in [4.78, 5) is 11.7. The van der Waals surface area contributed by atoms with Crippen LogP contribution in [0.15, 0.2) is 36.5 Å². The molecule has 4 heterocycles. The number of aryl methyl sites for hydroxylation is 1. The van der Waals surface area contributed by atoms with Crippen LogP contribution in [-0.4, -0.2) is 43.1 Å². The number of hydrogen-bond donors (Lipinski definition) is 1. The lowest BCUT2D eigenvalue weighted by Gasteiger charge is -2.37. The molecule has 1 saturated heterocycles. The molecule has 6 rings (SSSR count). The van der Waals surface area contributed by atoms with Gasteiger partial charge >= 0.3 is 0 Å². The fourth-order valence-electron chi connectivity index (χ4n) is 5.15. The van der Waals surface area contributed by atoms with E-state index in [0.29, 0.717) is 29.5 Å². The van der Waals surface area contributed by atoms with Crippen LogP contribution < -0.4 is 10.2 Å². The van der Waals surface area contributed by atoms with Gasteiger partial charge in [0, 0.05) is 42.4 Å². The molecule has 3 atom stereocenters. The lowest BCUT2D eigenvalue weighted by molar-refractivity contribution is 0.376. The minimum Gasteiger partial charge on any atom is -0.349 e. The second-order valence-corrected chi connectivity index (χ2v) is 9.46. The van der Waals surface area contributed by atoms with E-state index in [4.69, 9.17) is 4.98 Å². The summed E-state index contributed by atoms with van der Waals surface area (Å²) in [6.07, 6.45) is 4.18. The third kappa shape index (κ3) is 3.49. The first-order valence-corrected chi connectivity index (χ1v) is 11.7. The van der Waals surface area contributed by atoms with E-state index in [2.05, 4.69) is 24.7 Å². The third-order valence-corrected chi connectivity index (χ3v) is 7.55. The minimum atomic E-state index is -0.525. The van der Waals surface area contributed by atoms with E-state index < -0.39 is 5.82 Å². The van der Waals surface area contributed by atoms with Gasteiger partial charge in [-0.2, -0.15) is 14.6 Å².